The maximum absolute atomic E-state index is 11.2. The summed E-state index contributed by atoms with van der Waals surface area (Å²) in [6, 6.07) is 6.98. The monoisotopic (exact) mass is 163 g/mol. The van der Waals surface area contributed by atoms with Gasteiger partial charge in [0.05, 0.1) is 0 Å². The van der Waals surface area contributed by atoms with E-state index in [1.807, 2.05) is 6.07 Å². The van der Waals surface area contributed by atoms with Crippen molar-refractivity contribution in [3.63, 3.8) is 0 Å². The molecule has 0 unspecified atom stereocenters. The third kappa shape index (κ3) is 1.03. The summed E-state index contributed by atoms with van der Waals surface area (Å²) < 4.78 is 9.94. The molecule has 1 radical (unpaired) electrons. The van der Waals surface area contributed by atoms with Crippen molar-refractivity contribution in [2.24, 2.45) is 0 Å². The first kappa shape index (κ1) is 7.16. The molecule has 0 aliphatic carbocycles. The quantitative estimate of drug-likeness (QED) is 0.546. The second-order valence-corrected chi connectivity index (χ2v) is 2.48. The van der Waals surface area contributed by atoms with Gasteiger partial charge < -0.3 is 9.47 Å². The van der Waals surface area contributed by atoms with E-state index in [0.29, 0.717) is 11.3 Å². The van der Waals surface area contributed by atoms with Gasteiger partial charge in [-0.3, -0.25) is 0 Å². The molecule has 0 amide bonds. The number of hydrogen-bond donors (Lipinski definition) is 0. The minimum absolute atomic E-state index is 0.277. The van der Waals surface area contributed by atoms with E-state index in [4.69, 9.17) is 9.47 Å². The molecule has 0 bridgehead atoms. The number of ether oxygens (including phenoxy) is 2. The normalized spacial score (nSPS) is 16.2. The van der Waals surface area contributed by atoms with E-state index < -0.39 is 0 Å². The lowest BCUT2D eigenvalue weighted by molar-refractivity contribution is 0.0129. The number of para-hydroxylation sites is 1. The van der Waals surface area contributed by atoms with Gasteiger partial charge in [0.15, 0.2) is 0 Å². The fourth-order valence-corrected chi connectivity index (χ4v) is 1.09. The molecule has 0 aromatic heterocycles. The molecule has 0 spiro atoms. The highest BCUT2D eigenvalue weighted by atomic mass is 16.7. The van der Waals surface area contributed by atoms with Crippen LogP contribution in [0.4, 0.5) is 0 Å². The zero-order valence-electron chi connectivity index (χ0n) is 6.53. The van der Waals surface area contributed by atoms with Crippen molar-refractivity contribution in [1.82, 2.24) is 0 Å². The molecular formula is C9H7O3. The highest BCUT2D eigenvalue weighted by molar-refractivity contribution is 5.93. The average Bonchev–Trinajstić information content (AvgIpc) is 2.04. The third-order valence-electron chi connectivity index (χ3n) is 1.60. The number of hydrogen-bond acceptors (Lipinski definition) is 3. The van der Waals surface area contributed by atoms with Crippen molar-refractivity contribution in [1.29, 1.82) is 0 Å². The Bertz CT molecular complexity index is 319. The molecule has 0 N–H and O–H groups in total. The van der Waals surface area contributed by atoms with Gasteiger partial charge in [-0.25, -0.2) is 4.79 Å². The van der Waals surface area contributed by atoms with E-state index in [1.165, 1.54) is 0 Å². The molecule has 1 aliphatic heterocycles. The summed E-state index contributed by atoms with van der Waals surface area (Å²) in [7, 11) is 0. The Balaban J connectivity index is 2.47. The Morgan fingerprint density at radius 3 is 2.75 bits per heavy atom. The van der Waals surface area contributed by atoms with Crippen LogP contribution < -0.4 is 4.74 Å². The van der Waals surface area contributed by atoms with Crippen LogP contribution in [0.3, 0.4) is 0 Å². The van der Waals surface area contributed by atoms with E-state index in [0.717, 1.165) is 0 Å². The number of rotatable bonds is 0. The van der Waals surface area contributed by atoms with Crippen LogP contribution in [0.15, 0.2) is 24.3 Å². The maximum Gasteiger partial charge on any atom is 0.345 e. The zero-order valence-corrected chi connectivity index (χ0v) is 6.53. The zero-order chi connectivity index (χ0) is 8.55. The largest absolute Gasteiger partial charge is 0.445 e. The SMILES string of the molecule is C[C]1OC(=O)c2ccccc2O1. The molecule has 3 heteroatoms. The van der Waals surface area contributed by atoms with Crippen LogP contribution in [-0.4, -0.2) is 5.97 Å². The van der Waals surface area contributed by atoms with Crippen molar-refractivity contribution in [3.05, 3.63) is 36.1 Å². The number of carbonyl (C=O) groups is 1. The predicted octanol–water partition coefficient (Wildman–Crippen LogP) is 1.75. The highest BCUT2D eigenvalue weighted by Gasteiger charge is 2.25. The third-order valence-corrected chi connectivity index (χ3v) is 1.60. The average molecular weight is 163 g/mol. The maximum atomic E-state index is 11.2. The smallest absolute Gasteiger partial charge is 0.345 e. The summed E-state index contributed by atoms with van der Waals surface area (Å²) in [4.78, 5) is 11.2. The summed E-state index contributed by atoms with van der Waals surface area (Å²) in [5.74, 6) is 0.209. The summed E-state index contributed by atoms with van der Waals surface area (Å²) in [6.45, 7) is 1.60. The fraction of sp³-hybridized carbons (Fsp3) is 0.111. The topological polar surface area (TPSA) is 35.5 Å². The van der Waals surface area contributed by atoms with Crippen LogP contribution in [0, 0.1) is 6.29 Å². The lowest BCUT2D eigenvalue weighted by Crippen LogP contribution is -2.20. The van der Waals surface area contributed by atoms with Crippen molar-refractivity contribution >= 4 is 5.97 Å². The molecule has 1 aromatic carbocycles. The van der Waals surface area contributed by atoms with Gasteiger partial charge in [-0.05, 0) is 12.1 Å². The van der Waals surface area contributed by atoms with Crippen molar-refractivity contribution in [2.75, 3.05) is 0 Å². The van der Waals surface area contributed by atoms with Crippen LogP contribution in [0.2, 0.25) is 0 Å². The molecule has 12 heavy (non-hydrogen) atoms. The molecular weight excluding hydrogens is 156 g/mol. The molecule has 3 nitrogen and oxygen atoms in total. The number of cyclic esters (lactones) is 1. The lowest BCUT2D eigenvalue weighted by Gasteiger charge is -2.20. The molecule has 0 atom stereocenters. The van der Waals surface area contributed by atoms with Gasteiger partial charge in [0.2, 0.25) is 0 Å². The number of fused-ring (bicyclic) bond motifs is 1. The Morgan fingerprint density at radius 1 is 1.17 bits per heavy atom. The van der Waals surface area contributed by atoms with E-state index in [1.54, 1.807) is 25.1 Å². The van der Waals surface area contributed by atoms with Gasteiger partial charge in [0.1, 0.15) is 11.3 Å². The second-order valence-electron chi connectivity index (χ2n) is 2.48. The summed E-state index contributed by atoms with van der Waals surface area (Å²) >= 11 is 0. The van der Waals surface area contributed by atoms with Gasteiger partial charge in [0, 0.05) is 6.92 Å². The lowest BCUT2D eigenvalue weighted by atomic mass is 10.2. The molecule has 1 aromatic rings. The van der Waals surface area contributed by atoms with Gasteiger partial charge in [-0.15, -0.1) is 0 Å². The molecule has 1 heterocycles. The fourth-order valence-electron chi connectivity index (χ4n) is 1.09. The summed E-state index contributed by atoms with van der Waals surface area (Å²) in [5.41, 5.74) is 0.475. The first-order valence-corrected chi connectivity index (χ1v) is 3.60. The second kappa shape index (κ2) is 2.52. The molecule has 0 saturated heterocycles. The van der Waals surface area contributed by atoms with Crippen LogP contribution in [-0.2, 0) is 4.74 Å². The van der Waals surface area contributed by atoms with Gasteiger partial charge in [0.25, 0.3) is 0 Å². The number of esters is 1. The van der Waals surface area contributed by atoms with Crippen LogP contribution in [0.5, 0.6) is 5.75 Å². The Labute approximate surface area is 69.9 Å². The van der Waals surface area contributed by atoms with E-state index in [2.05, 4.69) is 0 Å². The molecule has 61 valence electrons. The molecule has 1 aliphatic rings. The number of benzene rings is 1. The van der Waals surface area contributed by atoms with Crippen molar-refractivity contribution in [3.8, 4) is 5.75 Å². The standard InChI is InChI=1S/C9H7O3/c1-6-11-8-5-3-2-4-7(8)9(10)12-6/h2-5H,1H3. The number of carbonyl (C=O) groups excluding carboxylic acids is 1. The Kier molecular flexibility index (Phi) is 1.50. The van der Waals surface area contributed by atoms with Crippen molar-refractivity contribution < 1.29 is 14.3 Å². The Hall–Kier alpha value is -1.51. The van der Waals surface area contributed by atoms with E-state index in [-0.39, 0.29) is 12.3 Å². The van der Waals surface area contributed by atoms with Crippen LogP contribution in [0.25, 0.3) is 0 Å². The van der Waals surface area contributed by atoms with Crippen LogP contribution >= 0.6 is 0 Å². The van der Waals surface area contributed by atoms with E-state index >= 15 is 0 Å². The summed E-state index contributed by atoms with van der Waals surface area (Å²) in [5, 5.41) is 0. The first-order valence-electron chi connectivity index (χ1n) is 3.60. The summed E-state index contributed by atoms with van der Waals surface area (Å²) in [6.07, 6.45) is 0.277. The van der Waals surface area contributed by atoms with Crippen molar-refractivity contribution in [2.45, 2.75) is 6.92 Å². The minimum Gasteiger partial charge on any atom is -0.445 e. The van der Waals surface area contributed by atoms with Crippen LogP contribution in [0.1, 0.15) is 17.3 Å². The molecule has 0 saturated carbocycles. The molecule has 2 rings (SSSR count). The minimum atomic E-state index is -0.352. The highest BCUT2D eigenvalue weighted by Crippen LogP contribution is 2.27. The Morgan fingerprint density at radius 2 is 1.92 bits per heavy atom. The van der Waals surface area contributed by atoms with Gasteiger partial charge in [-0.2, -0.15) is 0 Å². The van der Waals surface area contributed by atoms with E-state index in [9.17, 15) is 4.79 Å². The molecule has 0 fully saturated rings. The predicted molar refractivity (Wildman–Crippen MR) is 41.4 cm³/mol. The first-order chi connectivity index (χ1) is 5.77. The van der Waals surface area contributed by atoms with Gasteiger partial charge >= 0.3 is 12.3 Å². The van der Waals surface area contributed by atoms with Gasteiger partial charge in [-0.1, -0.05) is 12.1 Å².